The van der Waals surface area contributed by atoms with Gasteiger partial charge in [-0.2, -0.15) is 0 Å². The van der Waals surface area contributed by atoms with Crippen LogP contribution in [0.25, 0.3) is 22.6 Å². The minimum atomic E-state index is -3.22. The van der Waals surface area contributed by atoms with Crippen molar-refractivity contribution in [2.24, 2.45) is 0 Å². The molecule has 1 aromatic carbocycles. The Kier molecular flexibility index (Phi) is 5.04. The summed E-state index contributed by atoms with van der Waals surface area (Å²) in [5, 5.41) is 8.53. The van der Waals surface area contributed by atoms with Crippen LogP contribution in [0, 0.1) is 6.92 Å². The van der Waals surface area contributed by atoms with E-state index in [2.05, 4.69) is 20.2 Å². The van der Waals surface area contributed by atoms with Crippen molar-refractivity contribution in [1.29, 1.82) is 0 Å². The molecule has 4 rings (SSSR count). The monoisotopic (exact) mass is 405 g/mol. The van der Waals surface area contributed by atoms with E-state index in [-0.39, 0.29) is 0 Å². The van der Waals surface area contributed by atoms with Crippen molar-refractivity contribution in [2.45, 2.75) is 18.4 Å². The van der Waals surface area contributed by atoms with Crippen LogP contribution in [-0.2, 0) is 21.0 Å². The first-order valence-corrected chi connectivity index (χ1v) is 10.9. The van der Waals surface area contributed by atoms with Gasteiger partial charge >= 0.3 is 0 Å². The van der Waals surface area contributed by atoms with Crippen molar-refractivity contribution >= 4 is 10.2 Å². The molecule has 0 spiro atoms. The maximum atomic E-state index is 11.7. The van der Waals surface area contributed by atoms with E-state index in [9.17, 15) is 8.76 Å². The fourth-order valence-electron chi connectivity index (χ4n) is 3.06. The molecule has 0 saturated carbocycles. The first-order chi connectivity index (χ1) is 13.9. The lowest BCUT2D eigenvalue weighted by atomic mass is 10.1. The summed E-state index contributed by atoms with van der Waals surface area (Å²) < 4.78 is 25.4. The number of hydrogen-bond donors (Lipinski definition) is 0. The molecule has 0 fully saturated rings. The van der Waals surface area contributed by atoms with Gasteiger partial charge in [-0.05, 0) is 66.1 Å². The third-order valence-corrected chi connectivity index (χ3v) is 5.73. The summed E-state index contributed by atoms with van der Waals surface area (Å²) in [5.41, 5.74) is 3.56. The van der Waals surface area contributed by atoms with Gasteiger partial charge in [0.2, 0.25) is 0 Å². The molecule has 29 heavy (non-hydrogen) atoms. The van der Waals surface area contributed by atoms with E-state index in [1.165, 1.54) is 6.26 Å². The molecule has 0 bridgehead atoms. The molecule has 0 saturated heterocycles. The molecule has 0 aliphatic heterocycles. The highest BCUT2D eigenvalue weighted by Crippen LogP contribution is 2.26. The molecule has 1 atom stereocenters. The van der Waals surface area contributed by atoms with Gasteiger partial charge in [-0.3, -0.25) is 9.97 Å². The number of rotatable bonds is 5. The van der Waals surface area contributed by atoms with Crippen LogP contribution < -0.4 is 0 Å². The quantitative estimate of drug-likeness (QED) is 0.472. The summed E-state index contributed by atoms with van der Waals surface area (Å²) in [7, 11) is -3.22. The standard InChI is InChI=1S/C21H19N5O2S/c1-15-24-25-21(26(15)14-16-4-3-10-22-13-16)20-12-18(9-11-23-20)17-5-7-19(8-6-17)29(2,27)28/h3-13H,14H2,1-2H3. The average Bonchev–Trinajstić information content (AvgIpc) is 3.09. The fourth-order valence-corrected chi connectivity index (χ4v) is 3.69. The SMILES string of the molecule is Cc1nnc(-c2cc(-c3ccc([S+](C)(=O)[O-])cc3)ccn2)n1Cc1cccnc1. The van der Waals surface area contributed by atoms with Crippen molar-refractivity contribution in [2.75, 3.05) is 6.26 Å². The Morgan fingerprint density at radius 1 is 1.03 bits per heavy atom. The van der Waals surface area contributed by atoms with Gasteiger partial charge in [0.1, 0.15) is 17.8 Å². The first-order valence-electron chi connectivity index (χ1n) is 8.97. The number of pyridine rings is 2. The van der Waals surface area contributed by atoms with E-state index >= 15 is 0 Å². The zero-order chi connectivity index (χ0) is 20.4. The van der Waals surface area contributed by atoms with Crippen LogP contribution in [0.3, 0.4) is 0 Å². The minimum Gasteiger partial charge on any atom is -0.610 e. The molecular formula is C21H19N5O2S. The van der Waals surface area contributed by atoms with Gasteiger partial charge in [0, 0.05) is 18.6 Å². The Labute approximate surface area is 169 Å². The molecule has 0 aliphatic carbocycles. The van der Waals surface area contributed by atoms with Gasteiger partial charge in [0.05, 0.1) is 16.8 Å². The number of hydrogen-bond acceptors (Lipinski definition) is 6. The third kappa shape index (κ3) is 4.13. The van der Waals surface area contributed by atoms with Crippen LogP contribution in [0.5, 0.6) is 0 Å². The van der Waals surface area contributed by atoms with Crippen molar-refractivity contribution in [3.05, 3.63) is 78.5 Å². The molecule has 3 heterocycles. The van der Waals surface area contributed by atoms with Gasteiger partial charge in [-0.15, -0.1) is 14.4 Å². The highest BCUT2D eigenvalue weighted by molar-refractivity contribution is 7.97. The number of aromatic nitrogens is 5. The van der Waals surface area contributed by atoms with E-state index in [0.717, 1.165) is 22.5 Å². The molecule has 0 aliphatic rings. The van der Waals surface area contributed by atoms with Crippen molar-refractivity contribution in [1.82, 2.24) is 24.7 Å². The summed E-state index contributed by atoms with van der Waals surface area (Å²) in [5.74, 6) is 1.45. The summed E-state index contributed by atoms with van der Waals surface area (Å²) in [6, 6.07) is 14.5. The van der Waals surface area contributed by atoms with Crippen LogP contribution >= 0.6 is 0 Å². The molecular weight excluding hydrogens is 386 g/mol. The number of sulfone groups is 1. The van der Waals surface area contributed by atoms with E-state index in [4.69, 9.17) is 0 Å². The molecule has 8 heteroatoms. The second kappa shape index (κ2) is 7.65. The second-order valence-electron chi connectivity index (χ2n) is 6.74. The zero-order valence-corrected chi connectivity index (χ0v) is 16.8. The van der Waals surface area contributed by atoms with Gasteiger partial charge in [-0.1, -0.05) is 6.07 Å². The maximum Gasteiger partial charge on any atom is 0.182 e. The largest absolute Gasteiger partial charge is 0.610 e. The van der Waals surface area contributed by atoms with Gasteiger partial charge in [0.25, 0.3) is 0 Å². The van der Waals surface area contributed by atoms with Gasteiger partial charge in [-0.25, -0.2) is 0 Å². The third-order valence-electron chi connectivity index (χ3n) is 4.60. The smallest absolute Gasteiger partial charge is 0.182 e. The summed E-state index contributed by atoms with van der Waals surface area (Å²) in [6.45, 7) is 2.50. The molecule has 1 unspecified atom stereocenters. The maximum absolute atomic E-state index is 11.7. The van der Waals surface area contributed by atoms with E-state index in [0.29, 0.717) is 23.0 Å². The lowest BCUT2D eigenvalue weighted by Gasteiger charge is -2.10. The number of nitrogens with zero attached hydrogens (tertiary/aromatic N) is 5. The zero-order valence-electron chi connectivity index (χ0n) is 16.0. The minimum absolute atomic E-state index is 0.294. The summed E-state index contributed by atoms with van der Waals surface area (Å²) in [6.07, 6.45) is 6.47. The highest BCUT2D eigenvalue weighted by Gasteiger charge is 2.15. The first kappa shape index (κ1) is 19.1. The van der Waals surface area contributed by atoms with Crippen LogP contribution in [0.15, 0.2) is 72.0 Å². The van der Waals surface area contributed by atoms with Crippen molar-refractivity contribution < 1.29 is 8.76 Å². The Hall–Kier alpha value is -3.23. The highest BCUT2D eigenvalue weighted by atomic mass is 32.3. The van der Waals surface area contributed by atoms with E-state index in [1.807, 2.05) is 42.0 Å². The molecule has 4 aromatic rings. The second-order valence-corrected chi connectivity index (χ2v) is 8.76. The molecule has 0 radical (unpaired) electrons. The predicted octanol–water partition coefficient (Wildman–Crippen LogP) is 3.38. The summed E-state index contributed by atoms with van der Waals surface area (Å²) in [4.78, 5) is 8.93. The molecule has 7 nitrogen and oxygen atoms in total. The molecule has 3 aromatic heterocycles. The Morgan fingerprint density at radius 3 is 2.52 bits per heavy atom. The van der Waals surface area contributed by atoms with Gasteiger partial charge in [0.15, 0.2) is 10.7 Å². The molecule has 146 valence electrons. The lowest BCUT2D eigenvalue weighted by molar-refractivity contribution is 0.484. The number of aryl methyl sites for hydroxylation is 1. The van der Waals surface area contributed by atoms with Crippen LogP contribution in [0.4, 0.5) is 0 Å². The van der Waals surface area contributed by atoms with Gasteiger partial charge < -0.3 is 9.12 Å². The Morgan fingerprint density at radius 2 is 1.83 bits per heavy atom. The van der Waals surface area contributed by atoms with E-state index in [1.54, 1.807) is 36.7 Å². The van der Waals surface area contributed by atoms with Crippen LogP contribution in [-0.4, -0.2) is 35.5 Å². The van der Waals surface area contributed by atoms with E-state index < -0.39 is 10.2 Å². The molecule has 0 N–H and O–H groups in total. The normalized spacial score (nSPS) is 13.2. The van der Waals surface area contributed by atoms with Crippen molar-refractivity contribution in [3.8, 4) is 22.6 Å². The topological polar surface area (TPSA) is 96.6 Å². The predicted molar refractivity (Wildman–Crippen MR) is 110 cm³/mol. The molecule has 0 amide bonds. The fraction of sp³-hybridized carbons (Fsp3) is 0.143. The Bertz CT molecular complexity index is 1180. The van der Waals surface area contributed by atoms with Crippen LogP contribution in [0.2, 0.25) is 0 Å². The Balaban J connectivity index is 1.69. The average molecular weight is 405 g/mol. The van der Waals surface area contributed by atoms with Crippen LogP contribution in [0.1, 0.15) is 11.4 Å². The summed E-state index contributed by atoms with van der Waals surface area (Å²) >= 11 is 0. The van der Waals surface area contributed by atoms with Crippen molar-refractivity contribution in [3.63, 3.8) is 0 Å². The number of benzene rings is 1. The lowest BCUT2D eigenvalue weighted by Crippen LogP contribution is -2.06.